The summed E-state index contributed by atoms with van der Waals surface area (Å²) < 4.78 is 16.1. The third-order valence-electron chi connectivity index (χ3n) is 15.6. The zero-order valence-corrected chi connectivity index (χ0v) is 38.7. The van der Waals surface area contributed by atoms with Gasteiger partial charge in [0, 0.05) is 60.8 Å². The Balaban J connectivity index is 1.14. The van der Waals surface area contributed by atoms with Crippen molar-refractivity contribution in [3.05, 3.63) is 174 Å². The zero-order valence-electron chi connectivity index (χ0n) is 38.7. The molecular formula is C62H48BN2O2. The first-order valence-corrected chi connectivity index (χ1v) is 23.8. The van der Waals surface area contributed by atoms with Crippen molar-refractivity contribution in [2.24, 2.45) is 0 Å². The quantitative estimate of drug-likeness (QED) is 0.179. The fourth-order valence-electron chi connectivity index (χ4n) is 11.9. The van der Waals surface area contributed by atoms with Crippen LogP contribution < -0.4 is 16.2 Å². The minimum atomic E-state index is 0.0571. The monoisotopic (exact) mass is 863 g/mol. The molecule has 1 aliphatic carbocycles. The van der Waals surface area contributed by atoms with Gasteiger partial charge in [0.1, 0.15) is 22.3 Å². The molecule has 9 aromatic carbocycles. The number of anilines is 2. The van der Waals surface area contributed by atoms with E-state index in [1.54, 1.807) is 0 Å². The first-order chi connectivity index (χ1) is 32.5. The number of hydrogen-bond acceptors (Lipinski definition) is 3. The molecule has 0 saturated carbocycles. The van der Waals surface area contributed by atoms with E-state index in [1.165, 1.54) is 76.8 Å². The molecule has 0 bridgehead atoms. The predicted octanol–water partition coefficient (Wildman–Crippen LogP) is 15.7. The Morgan fingerprint density at radius 3 is 2.04 bits per heavy atom. The smallest absolute Gasteiger partial charge is 0.197 e. The number of para-hydroxylation sites is 1. The van der Waals surface area contributed by atoms with Crippen molar-refractivity contribution in [1.29, 1.82) is 0 Å². The number of aryl methyl sites for hydroxylation is 2. The van der Waals surface area contributed by atoms with Crippen molar-refractivity contribution in [1.82, 2.24) is 4.57 Å². The van der Waals surface area contributed by atoms with Crippen LogP contribution in [0.5, 0.6) is 0 Å². The standard InChI is InChI=1S/C62H48BN2O2/c1-34-15-20-38(21-16-34)64-50-33-56-44(45-31-47-48(32-55(45)67-56)62(5,6)26-25-61(47,3)4)30-43(50)46-29-42(37-18-22-41-40-13-9-10-14-53(40)66-54(41)28-37)58-57-39-12-8-7-11-36(39)19-24-52(57)65-51-23-17-35(2)27-49(51)63-59(46)60(58)65/h7-24,27-33,64H,25-26H2,1-6H3. The molecule has 4 nitrogen and oxygen atoms in total. The second kappa shape index (κ2) is 13.5. The fraction of sp³-hybridized carbons (Fsp3) is 0.161. The average Bonchev–Trinajstić information content (AvgIpc) is 4.00. The van der Waals surface area contributed by atoms with E-state index >= 15 is 0 Å². The van der Waals surface area contributed by atoms with Gasteiger partial charge >= 0.3 is 0 Å². The summed E-state index contributed by atoms with van der Waals surface area (Å²) in [6, 6.07) is 56.2. The third kappa shape index (κ3) is 5.61. The van der Waals surface area contributed by atoms with Crippen molar-refractivity contribution in [2.45, 2.75) is 65.2 Å². The van der Waals surface area contributed by atoms with E-state index in [2.05, 4.69) is 204 Å². The van der Waals surface area contributed by atoms with E-state index in [-0.39, 0.29) is 10.8 Å². The fourth-order valence-corrected chi connectivity index (χ4v) is 11.9. The molecule has 3 aromatic heterocycles. The Morgan fingerprint density at radius 1 is 0.522 bits per heavy atom. The molecule has 0 saturated heterocycles. The van der Waals surface area contributed by atoms with Gasteiger partial charge in [-0.3, -0.25) is 0 Å². The highest BCUT2D eigenvalue weighted by atomic mass is 16.3. The summed E-state index contributed by atoms with van der Waals surface area (Å²) in [6.07, 6.45) is 2.30. The minimum absolute atomic E-state index is 0.0571. The summed E-state index contributed by atoms with van der Waals surface area (Å²) in [6.45, 7) is 13.9. The second-order valence-corrected chi connectivity index (χ2v) is 20.8. The maximum atomic E-state index is 6.96. The van der Waals surface area contributed by atoms with Crippen LogP contribution in [0.3, 0.4) is 0 Å². The Bertz CT molecular complexity index is 4120. The van der Waals surface area contributed by atoms with Gasteiger partial charge in [-0.2, -0.15) is 0 Å². The van der Waals surface area contributed by atoms with Gasteiger partial charge in [0.15, 0.2) is 7.28 Å². The van der Waals surface area contributed by atoms with E-state index in [0.29, 0.717) is 0 Å². The van der Waals surface area contributed by atoms with Crippen LogP contribution in [-0.4, -0.2) is 11.8 Å². The van der Waals surface area contributed by atoms with Gasteiger partial charge in [-0.15, -0.1) is 0 Å². The summed E-state index contributed by atoms with van der Waals surface area (Å²) in [5.41, 5.74) is 21.6. The molecule has 67 heavy (non-hydrogen) atoms. The van der Waals surface area contributed by atoms with Gasteiger partial charge in [0.25, 0.3) is 0 Å². The first-order valence-electron chi connectivity index (χ1n) is 23.8. The molecule has 0 fully saturated rings. The lowest BCUT2D eigenvalue weighted by atomic mass is 9.58. The highest BCUT2D eigenvalue weighted by Gasteiger charge is 2.38. The van der Waals surface area contributed by atoms with Crippen molar-refractivity contribution >= 4 is 106 Å². The molecule has 12 aromatic rings. The number of furan rings is 2. The van der Waals surface area contributed by atoms with E-state index in [1.807, 2.05) is 6.07 Å². The van der Waals surface area contributed by atoms with Gasteiger partial charge < -0.3 is 18.7 Å². The number of aromatic nitrogens is 1. The molecular weight excluding hydrogens is 816 g/mol. The van der Waals surface area contributed by atoms with E-state index in [0.717, 1.165) is 85.0 Å². The Morgan fingerprint density at radius 2 is 1.21 bits per heavy atom. The normalized spacial score (nSPS) is 15.0. The van der Waals surface area contributed by atoms with Crippen LogP contribution >= 0.6 is 0 Å². The first kappa shape index (κ1) is 38.7. The molecule has 14 rings (SSSR count). The second-order valence-electron chi connectivity index (χ2n) is 20.8. The maximum Gasteiger partial charge on any atom is 0.197 e. The summed E-state index contributed by atoms with van der Waals surface area (Å²) >= 11 is 0. The molecule has 321 valence electrons. The number of hydrogen-bond donors (Lipinski definition) is 1. The van der Waals surface area contributed by atoms with Crippen molar-refractivity contribution in [3.8, 4) is 27.9 Å². The van der Waals surface area contributed by atoms with Gasteiger partial charge in [0.05, 0.1) is 11.2 Å². The molecule has 1 N–H and O–H groups in total. The van der Waals surface area contributed by atoms with E-state index in [9.17, 15) is 0 Å². The number of benzene rings is 9. The van der Waals surface area contributed by atoms with E-state index < -0.39 is 0 Å². The molecule has 0 amide bonds. The van der Waals surface area contributed by atoms with Gasteiger partial charge in [-0.25, -0.2) is 0 Å². The highest BCUT2D eigenvalue weighted by molar-refractivity contribution is 6.73. The summed E-state index contributed by atoms with van der Waals surface area (Å²) in [5.74, 6) is 0. The van der Waals surface area contributed by atoms with Crippen molar-refractivity contribution in [2.75, 3.05) is 5.32 Å². The minimum Gasteiger partial charge on any atom is -0.456 e. The summed E-state index contributed by atoms with van der Waals surface area (Å²) in [4.78, 5) is 0. The molecule has 0 spiro atoms. The highest BCUT2D eigenvalue weighted by Crippen LogP contribution is 2.50. The predicted molar refractivity (Wildman–Crippen MR) is 283 cm³/mol. The lowest BCUT2D eigenvalue weighted by Crippen LogP contribution is -2.37. The number of fused-ring (bicyclic) bond motifs is 14. The molecule has 4 heterocycles. The molecule has 0 atom stereocenters. The Hall–Kier alpha value is -7.50. The molecule has 0 unspecified atom stereocenters. The van der Waals surface area contributed by atoms with Crippen LogP contribution in [0.15, 0.2) is 160 Å². The van der Waals surface area contributed by atoms with Crippen molar-refractivity contribution in [3.63, 3.8) is 0 Å². The Kier molecular flexibility index (Phi) is 7.83. The molecule has 1 radical (unpaired) electrons. The topological polar surface area (TPSA) is 43.2 Å². The largest absolute Gasteiger partial charge is 0.456 e. The van der Waals surface area contributed by atoms with Gasteiger partial charge in [-0.1, -0.05) is 123 Å². The molecule has 5 heteroatoms. The lowest BCUT2D eigenvalue weighted by Gasteiger charge is -2.41. The molecule has 1 aliphatic heterocycles. The third-order valence-corrected chi connectivity index (χ3v) is 15.6. The van der Waals surface area contributed by atoms with Gasteiger partial charge in [0.2, 0.25) is 0 Å². The maximum absolute atomic E-state index is 6.96. The average molecular weight is 864 g/mol. The SMILES string of the molecule is Cc1ccc(Nc2cc3oc4cc5c(cc4c3cc2-c2cc(-c3ccc4c(c3)oc3ccccc34)c3c4c6ccccc6ccc4n4c3c2[B]c2cc(C)ccc2-4)C(C)(C)CCC5(C)C)cc1. The lowest BCUT2D eigenvalue weighted by molar-refractivity contribution is 0.332. The summed E-state index contributed by atoms with van der Waals surface area (Å²) in [5, 5.41) is 13.4. The number of nitrogens with one attached hydrogen (secondary N) is 1. The van der Waals surface area contributed by atoms with Crippen LogP contribution in [0.1, 0.15) is 62.8 Å². The van der Waals surface area contributed by atoms with Crippen molar-refractivity contribution < 1.29 is 8.83 Å². The van der Waals surface area contributed by atoms with E-state index in [4.69, 9.17) is 8.83 Å². The van der Waals surface area contributed by atoms with Gasteiger partial charge in [-0.05, 0) is 148 Å². The summed E-state index contributed by atoms with van der Waals surface area (Å²) in [7, 11) is 2.45. The van der Waals surface area contributed by atoms with Crippen LogP contribution in [0.25, 0.3) is 104 Å². The van der Waals surface area contributed by atoms with Crippen LogP contribution in [-0.2, 0) is 10.8 Å². The number of rotatable bonds is 4. The van der Waals surface area contributed by atoms with Crippen LogP contribution in [0.4, 0.5) is 11.4 Å². The number of nitrogens with zero attached hydrogens (tertiary/aromatic N) is 1. The zero-order chi connectivity index (χ0) is 45.1. The van der Waals surface area contributed by atoms with Crippen LogP contribution in [0.2, 0.25) is 0 Å². The van der Waals surface area contributed by atoms with Crippen LogP contribution in [0, 0.1) is 13.8 Å². The molecule has 2 aliphatic rings. The Labute approximate surface area is 390 Å².